The molecule has 5 nitrogen and oxygen atoms in total. The van der Waals surface area contributed by atoms with E-state index in [4.69, 9.17) is 9.47 Å². The van der Waals surface area contributed by atoms with Gasteiger partial charge in [-0.15, -0.1) is 0 Å². The minimum Gasteiger partial charge on any atom is -0.472 e. The predicted molar refractivity (Wildman–Crippen MR) is 62.8 cm³/mol. The highest BCUT2D eigenvalue weighted by molar-refractivity contribution is 5.27. The summed E-state index contributed by atoms with van der Waals surface area (Å²) in [5.74, 6) is 1.17. The number of ether oxygens (including phenoxy) is 2. The van der Waals surface area contributed by atoms with Gasteiger partial charge in [0.15, 0.2) is 0 Å². The van der Waals surface area contributed by atoms with Gasteiger partial charge in [0.25, 0.3) is 0 Å². The molecule has 0 aliphatic carbocycles. The Labute approximate surface area is 96.2 Å². The molecule has 16 heavy (non-hydrogen) atoms. The molecule has 0 saturated heterocycles. The van der Waals surface area contributed by atoms with Gasteiger partial charge in [0, 0.05) is 25.9 Å². The average molecular weight is 225 g/mol. The lowest BCUT2D eigenvalue weighted by molar-refractivity contribution is 0.0890. The lowest BCUT2D eigenvalue weighted by Gasteiger charge is -2.13. The molecule has 0 spiro atoms. The Balaban J connectivity index is 2.52. The molecule has 0 fully saturated rings. The van der Waals surface area contributed by atoms with Crippen LogP contribution in [0.4, 0.5) is 5.95 Å². The normalized spacial score (nSPS) is 12.2. The van der Waals surface area contributed by atoms with E-state index in [1.807, 2.05) is 6.92 Å². The van der Waals surface area contributed by atoms with E-state index in [-0.39, 0.29) is 6.10 Å². The molecule has 0 amide bonds. The van der Waals surface area contributed by atoms with Gasteiger partial charge in [-0.05, 0) is 13.3 Å². The Kier molecular flexibility index (Phi) is 5.56. The monoisotopic (exact) mass is 225 g/mol. The minimum absolute atomic E-state index is 0.0149. The van der Waals surface area contributed by atoms with Crippen LogP contribution in [-0.4, -0.2) is 36.3 Å². The Morgan fingerprint density at radius 3 is 3.00 bits per heavy atom. The highest BCUT2D eigenvalue weighted by atomic mass is 16.5. The molecule has 0 bridgehead atoms. The average Bonchev–Trinajstić information content (AvgIpc) is 2.27. The van der Waals surface area contributed by atoms with E-state index in [1.54, 1.807) is 19.4 Å². The SMILES string of the molecule is CCCNc1nccc(OC(C)COC)n1. The molecule has 0 aromatic carbocycles. The van der Waals surface area contributed by atoms with Crippen LogP contribution in [0.1, 0.15) is 20.3 Å². The van der Waals surface area contributed by atoms with E-state index < -0.39 is 0 Å². The summed E-state index contributed by atoms with van der Waals surface area (Å²) in [4.78, 5) is 8.33. The second kappa shape index (κ2) is 7.00. The van der Waals surface area contributed by atoms with Gasteiger partial charge in [-0.3, -0.25) is 0 Å². The lowest BCUT2D eigenvalue weighted by atomic mass is 10.4. The number of methoxy groups -OCH3 is 1. The fourth-order valence-corrected chi connectivity index (χ4v) is 1.20. The van der Waals surface area contributed by atoms with E-state index in [2.05, 4.69) is 22.2 Å². The summed E-state index contributed by atoms with van der Waals surface area (Å²) in [6.07, 6.45) is 2.70. The third-order valence-corrected chi connectivity index (χ3v) is 1.89. The summed E-state index contributed by atoms with van der Waals surface area (Å²) in [7, 11) is 1.65. The van der Waals surface area contributed by atoms with Crippen LogP contribution in [0.5, 0.6) is 5.88 Å². The van der Waals surface area contributed by atoms with Crippen LogP contribution in [0.15, 0.2) is 12.3 Å². The van der Waals surface area contributed by atoms with Gasteiger partial charge in [0.05, 0.1) is 6.61 Å². The largest absolute Gasteiger partial charge is 0.472 e. The Morgan fingerprint density at radius 2 is 2.31 bits per heavy atom. The van der Waals surface area contributed by atoms with Crippen molar-refractivity contribution in [2.45, 2.75) is 26.4 Å². The standard InChI is InChI=1S/C11H19N3O2/c1-4-6-12-11-13-7-5-10(14-11)16-9(2)8-15-3/h5,7,9H,4,6,8H2,1-3H3,(H,12,13,14). The van der Waals surface area contributed by atoms with Crippen LogP contribution in [0.25, 0.3) is 0 Å². The molecule has 1 unspecified atom stereocenters. The van der Waals surface area contributed by atoms with Gasteiger partial charge >= 0.3 is 0 Å². The molecule has 0 saturated carbocycles. The number of nitrogens with zero attached hydrogens (tertiary/aromatic N) is 2. The highest BCUT2D eigenvalue weighted by Crippen LogP contribution is 2.10. The topological polar surface area (TPSA) is 56.3 Å². The van der Waals surface area contributed by atoms with E-state index in [0.717, 1.165) is 13.0 Å². The van der Waals surface area contributed by atoms with E-state index in [1.165, 1.54) is 0 Å². The van der Waals surface area contributed by atoms with Gasteiger partial charge in [0.1, 0.15) is 6.10 Å². The molecule has 5 heteroatoms. The van der Waals surface area contributed by atoms with Gasteiger partial charge in [-0.25, -0.2) is 4.98 Å². The van der Waals surface area contributed by atoms with Crippen molar-refractivity contribution < 1.29 is 9.47 Å². The predicted octanol–water partition coefficient (Wildman–Crippen LogP) is 1.71. The van der Waals surface area contributed by atoms with Gasteiger partial charge < -0.3 is 14.8 Å². The first-order chi connectivity index (χ1) is 7.76. The fourth-order valence-electron chi connectivity index (χ4n) is 1.20. The lowest BCUT2D eigenvalue weighted by Crippen LogP contribution is -2.19. The van der Waals surface area contributed by atoms with Crippen molar-refractivity contribution in [3.63, 3.8) is 0 Å². The number of anilines is 1. The first kappa shape index (κ1) is 12.7. The maximum Gasteiger partial charge on any atom is 0.225 e. The second-order valence-electron chi connectivity index (χ2n) is 3.53. The quantitative estimate of drug-likeness (QED) is 0.765. The van der Waals surface area contributed by atoms with Crippen LogP contribution >= 0.6 is 0 Å². The zero-order chi connectivity index (χ0) is 11.8. The summed E-state index contributed by atoms with van der Waals surface area (Å²) in [5, 5.41) is 3.11. The van der Waals surface area contributed by atoms with Crippen LogP contribution < -0.4 is 10.1 Å². The molecular formula is C11H19N3O2. The molecule has 1 aromatic rings. The molecule has 0 aliphatic rings. The maximum absolute atomic E-state index is 5.56. The molecule has 1 atom stereocenters. The first-order valence-corrected chi connectivity index (χ1v) is 5.48. The van der Waals surface area contributed by atoms with E-state index >= 15 is 0 Å². The van der Waals surface area contributed by atoms with Gasteiger partial charge in [-0.1, -0.05) is 6.92 Å². The third kappa shape index (κ3) is 4.44. The van der Waals surface area contributed by atoms with Gasteiger partial charge in [0.2, 0.25) is 11.8 Å². The summed E-state index contributed by atoms with van der Waals surface area (Å²) in [6, 6.07) is 1.74. The number of rotatable bonds is 7. The Bertz CT molecular complexity index is 307. The fraction of sp³-hybridized carbons (Fsp3) is 0.636. The molecule has 0 radical (unpaired) electrons. The number of hydrogen-bond acceptors (Lipinski definition) is 5. The van der Waals surface area contributed by atoms with Crippen molar-refractivity contribution >= 4 is 5.95 Å². The van der Waals surface area contributed by atoms with E-state index in [0.29, 0.717) is 18.4 Å². The zero-order valence-corrected chi connectivity index (χ0v) is 10.1. The van der Waals surface area contributed by atoms with Crippen LogP contribution in [0, 0.1) is 0 Å². The Morgan fingerprint density at radius 1 is 1.50 bits per heavy atom. The minimum atomic E-state index is -0.0149. The number of nitrogens with one attached hydrogen (secondary N) is 1. The summed E-state index contributed by atoms with van der Waals surface area (Å²) in [5.41, 5.74) is 0. The van der Waals surface area contributed by atoms with E-state index in [9.17, 15) is 0 Å². The molecule has 0 aliphatic heterocycles. The molecule has 90 valence electrons. The van der Waals surface area contributed by atoms with Crippen molar-refractivity contribution in [3.05, 3.63) is 12.3 Å². The van der Waals surface area contributed by atoms with Crippen molar-refractivity contribution in [1.29, 1.82) is 0 Å². The summed E-state index contributed by atoms with van der Waals surface area (Å²) >= 11 is 0. The molecular weight excluding hydrogens is 206 g/mol. The molecule has 1 N–H and O–H groups in total. The molecule has 1 rings (SSSR count). The summed E-state index contributed by atoms with van der Waals surface area (Å²) in [6.45, 7) is 5.43. The number of aromatic nitrogens is 2. The highest BCUT2D eigenvalue weighted by Gasteiger charge is 2.05. The third-order valence-electron chi connectivity index (χ3n) is 1.89. The first-order valence-electron chi connectivity index (χ1n) is 5.48. The Hall–Kier alpha value is -1.36. The van der Waals surface area contributed by atoms with Gasteiger partial charge in [-0.2, -0.15) is 4.98 Å². The van der Waals surface area contributed by atoms with Crippen molar-refractivity contribution in [2.24, 2.45) is 0 Å². The van der Waals surface area contributed by atoms with Crippen molar-refractivity contribution in [3.8, 4) is 5.88 Å². The van der Waals surface area contributed by atoms with Crippen LogP contribution in [-0.2, 0) is 4.74 Å². The van der Waals surface area contributed by atoms with Crippen molar-refractivity contribution in [1.82, 2.24) is 9.97 Å². The smallest absolute Gasteiger partial charge is 0.225 e. The summed E-state index contributed by atoms with van der Waals surface area (Å²) < 4.78 is 10.5. The van der Waals surface area contributed by atoms with Crippen LogP contribution in [0.3, 0.4) is 0 Å². The van der Waals surface area contributed by atoms with Crippen LogP contribution in [0.2, 0.25) is 0 Å². The number of hydrogen-bond donors (Lipinski definition) is 1. The molecule has 1 heterocycles. The maximum atomic E-state index is 5.56. The zero-order valence-electron chi connectivity index (χ0n) is 10.1. The molecule has 1 aromatic heterocycles. The second-order valence-corrected chi connectivity index (χ2v) is 3.53. The van der Waals surface area contributed by atoms with Crippen molar-refractivity contribution in [2.75, 3.05) is 25.6 Å².